The maximum absolute atomic E-state index is 12.3. The molecule has 0 saturated heterocycles. The van der Waals surface area contributed by atoms with Crippen molar-refractivity contribution in [1.82, 2.24) is 0 Å². The van der Waals surface area contributed by atoms with E-state index in [1.807, 2.05) is 18.2 Å². The van der Waals surface area contributed by atoms with Gasteiger partial charge in [0, 0.05) is 22.2 Å². The highest BCUT2D eigenvalue weighted by Crippen LogP contribution is 2.23. The molecule has 7 heteroatoms. The number of anilines is 1. The van der Waals surface area contributed by atoms with Gasteiger partial charge in [0.1, 0.15) is 5.58 Å². The zero-order chi connectivity index (χ0) is 21.0. The van der Waals surface area contributed by atoms with Gasteiger partial charge in [-0.1, -0.05) is 19.1 Å². The average molecular weight is 394 g/mol. The van der Waals surface area contributed by atoms with Crippen molar-refractivity contribution in [2.75, 3.05) is 5.32 Å². The van der Waals surface area contributed by atoms with E-state index in [1.54, 1.807) is 12.1 Å². The van der Waals surface area contributed by atoms with Gasteiger partial charge in [0.15, 0.2) is 6.10 Å². The maximum Gasteiger partial charge on any atom is 0.311 e. The molecule has 0 saturated carbocycles. The molecule has 3 rings (SSSR count). The Labute approximate surface area is 167 Å². The van der Waals surface area contributed by atoms with Gasteiger partial charge >= 0.3 is 5.97 Å². The summed E-state index contributed by atoms with van der Waals surface area (Å²) in [6, 6.07) is 12.0. The molecule has 3 aromatic rings. The lowest BCUT2D eigenvalue weighted by molar-refractivity contribution is -0.152. The van der Waals surface area contributed by atoms with Crippen molar-refractivity contribution in [2.24, 2.45) is 5.73 Å². The summed E-state index contributed by atoms with van der Waals surface area (Å²) in [7, 11) is 0. The first-order chi connectivity index (χ1) is 13.9. The Morgan fingerprint density at radius 1 is 1.14 bits per heavy atom. The van der Waals surface area contributed by atoms with E-state index in [9.17, 15) is 14.4 Å². The number of furan rings is 1. The third kappa shape index (κ3) is 4.82. The lowest BCUT2D eigenvalue weighted by atomic mass is 10.1. The number of amides is 2. The van der Waals surface area contributed by atoms with Crippen LogP contribution in [0.25, 0.3) is 11.0 Å². The largest absolute Gasteiger partial charge is 0.464 e. The summed E-state index contributed by atoms with van der Waals surface area (Å²) in [6.07, 6.45) is 1.45. The van der Waals surface area contributed by atoms with E-state index < -0.39 is 23.9 Å². The van der Waals surface area contributed by atoms with Crippen LogP contribution in [0.15, 0.2) is 53.1 Å². The van der Waals surface area contributed by atoms with Crippen LogP contribution in [0.4, 0.5) is 5.69 Å². The fourth-order valence-corrected chi connectivity index (χ4v) is 2.89. The summed E-state index contributed by atoms with van der Waals surface area (Å²) >= 11 is 0. The second kappa shape index (κ2) is 8.60. The summed E-state index contributed by atoms with van der Waals surface area (Å²) in [6.45, 7) is 3.55. The molecule has 0 unspecified atom stereocenters. The average Bonchev–Trinajstić information content (AvgIpc) is 3.09. The van der Waals surface area contributed by atoms with Crippen LogP contribution in [0.1, 0.15) is 35.3 Å². The number of nitrogens with one attached hydrogen (secondary N) is 1. The van der Waals surface area contributed by atoms with Gasteiger partial charge in [-0.15, -0.1) is 0 Å². The second-order valence-electron chi connectivity index (χ2n) is 6.68. The number of hydrogen-bond acceptors (Lipinski definition) is 5. The second-order valence-corrected chi connectivity index (χ2v) is 6.68. The fraction of sp³-hybridized carbons (Fsp3) is 0.227. The summed E-state index contributed by atoms with van der Waals surface area (Å²) in [5.41, 5.74) is 8.56. The molecule has 1 atom stereocenters. The zero-order valence-electron chi connectivity index (χ0n) is 16.2. The van der Waals surface area contributed by atoms with E-state index in [1.165, 1.54) is 25.3 Å². The van der Waals surface area contributed by atoms with Gasteiger partial charge in [-0.2, -0.15) is 0 Å². The number of esters is 1. The number of benzene rings is 2. The highest BCUT2D eigenvalue weighted by Gasteiger charge is 2.19. The highest BCUT2D eigenvalue weighted by molar-refractivity contribution is 5.97. The van der Waals surface area contributed by atoms with Crippen molar-refractivity contribution in [3.63, 3.8) is 0 Å². The first kappa shape index (κ1) is 20.1. The van der Waals surface area contributed by atoms with Crippen molar-refractivity contribution < 1.29 is 23.5 Å². The molecule has 7 nitrogen and oxygen atoms in total. The molecule has 0 bridgehead atoms. The quantitative estimate of drug-likeness (QED) is 0.598. The van der Waals surface area contributed by atoms with E-state index in [2.05, 4.69) is 12.2 Å². The Morgan fingerprint density at radius 2 is 1.86 bits per heavy atom. The molecule has 1 heterocycles. The van der Waals surface area contributed by atoms with E-state index in [-0.39, 0.29) is 6.42 Å². The summed E-state index contributed by atoms with van der Waals surface area (Å²) in [4.78, 5) is 35.6. The van der Waals surface area contributed by atoms with Crippen LogP contribution in [-0.4, -0.2) is 23.9 Å². The molecule has 0 aliphatic heterocycles. The van der Waals surface area contributed by atoms with Crippen molar-refractivity contribution in [3.05, 3.63) is 65.4 Å². The van der Waals surface area contributed by atoms with Crippen LogP contribution < -0.4 is 11.1 Å². The van der Waals surface area contributed by atoms with E-state index >= 15 is 0 Å². The van der Waals surface area contributed by atoms with Gasteiger partial charge in [-0.25, -0.2) is 0 Å². The van der Waals surface area contributed by atoms with Gasteiger partial charge < -0.3 is 20.2 Å². The molecule has 3 N–H and O–H groups in total. The lowest BCUT2D eigenvalue weighted by Crippen LogP contribution is -2.30. The van der Waals surface area contributed by atoms with Crippen LogP contribution in [0.2, 0.25) is 0 Å². The third-order valence-corrected chi connectivity index (χ3v) is 4.58. The van der Waals surface area contributed by atoms with Gasteiger partial charge in [0.05, 0.1) is 12.7 Å². The Bertz CT molecular complexity index is 1050. The zero-order valence-corrected chi connectivity index (χ0v) is 16.2. The molecule has 29 heavy (non-hydrogen) atoms. The van der Waals surface area contributed by atoms with Crippen molar-refractivity contribution in [1.29, 1.82) is 0 Å². The lowest BCUT2D eigenvalue weighted by Gasteiger charge is -2.13. The Hall–Kier alpha value is -3.61. The molecule has 0 aliphatic rings. The molecule has 0 radical (unpaired) electrons. The number of ether oxygens (including phenoxy) is 1. The monoisotopic (exact) mass is 394 g/mol. The van der Waals surface area contributed by atoms with Gasteiger partial charge in [-0.05, 0) is 49.2 Å². The van der Waals surface area contributed by atoms with Crippen molar-refractivity contribution in [3.8, 4) is 0 Å². The van der Waals surface area contributed by atoms with Gasteiger partial charge in [0.2, 0.25) is 5.91 Å². The minimum atomic E-state index is -0.983. The molecular weight excluding hydrogens is 372 g/mol. The van der Waals surface area contributed by atoms with Crippen molar-refractivity contribution in [2.45, 2.75) is 32.8 Å². The number of rotatable bonds is 7. The third-order valence-electron chi connectivity index (χ3n) is 4.58. The van der Waals surface area contributed by atoms with Gasteiger partial charge in [-0.3, -0.25) is 14.4 Å². The summed E-state index contributed by atoms with van der Waals surface area (Å²) in [5, 5.41) is 3.48. The molecular formula is C22H22N2O5. The Balaban J connectivity index is 1.58. The smallest absolute Gasteiger partial charge is 0.311 e. The number of nitrogens with two attached hydrogens (primary N) is 1. The SMILES string of the molecule is CCc1ccc2c(CC(=O)O[C@@H](C)C(=O)Nc3ccc(C(N)=O)cc3)coc2c1. The number of fused-ring (bicyclic) bond motifs is 1. The number of primary amides is 1. The minimum Gasteiger partial charge on any atom is -0.464 e. The molecule has 2 amide bonds. The summed E-state index contributed by atoms with van der Waals surface area (Å²) in [5.74, 6) is -1.56. The van der Waals surface area contributed by atoms with Crippen LogP contribution >= 0.6 is 0 Å². The first-order valence-electron chi connectivity index (χ1n) is 9.26. The van der Waals surface area contributed by atoms with Crippen LogP contribution in [0, 0.1) is 0 Å². The molecule has 0 spiro atoms. The van der Waals surface area contributed by atoms with Crippen LogP contribution in [0.5, 0.6) is 0 Å². The Kier molecular flexibility index (Phi) is 5.97. The minimum absolute atomic E-state index is 0.00337. The van der Waals surface area contributed by atoms with E-state index in [4.69, 9.17) is 14.9 Å². The van der Waals surface area contributed by atoms with Crippen LogP contribution in [0.3, 0.4) is 0 Å². The number of carbonyl (C=O) groups is 3. The predicted octanol–water partition coefficient (Wildman–Crippen LogP) is 3.21. The molecule has 0 fully saturated rings. The number of carbonyl (C=O) groups excluding carboxylic acids is 3. The van der Waals surface area contributed by atoms with Crippen molar-refractivity contribution >= 4 is 34.4 Å². The Morgan fingerprint density at radius 3 is 2.52 bits per heavy atom. The highest BCUT2D eigenvalue weighted by atomic mass is 16.5. The normalized spacial score (nSPS) is 11.8. The summed E-state index contributed by atoms with van der Waals surface area (Å²) < 4.78 is 10.8. The predicted molar refractivity (Wildman–Crippen MR) is 108 cm³/mol. The topological polar surface area (TPSA) is 112 Å². The van der Waals surface area contributed by atoms with Gasteiger partial charge in [0.25, 0.3) is 5.91 Å². The fourth-order valence-electron chi connectivity index (χ4n) is 2.89. The molecule has 1 aromatic heterocycles. The van der Waals surface area contributed by atoms with E-state index in [0.717, 1.165) is 23.0 Å². The first-order valence-corrected chi connectivity index (χ1v) is 9.26. The standard InChI is InChI=1S/C22H22N2O5/c1-3-14-4-9-18-16(12-28-19(18)10-14)11-20(25)29-13(2)22(27)24-17-7-5-15(6-8-17)21(23)26/h4-10,12-13H,3,11H2,1-2H3,(H2,23,26)(H,24,27)/t13-/m0/s1. The number of aryl methyl sites for hydroxylation is 1. The molecule has 2 aromatic carbocycles. The van der Waals surface area contributed by atoms with Crippen LogP contribution in [-0.2, 0) is 27.2 Å². The molecule has 150 valence electrons. The molecule has 0 aliphatic carbocycles. The maximum atomic E-state index is 12.3. The number of hydrogen-bond donors (Lipinski definition) is 2. The van der Waals surface area contributed by atoms with E-state index in [0.29, 0.717) is 16.8 Å².